The van der Waals surface area contributed by atoms with Gasteiger partial charge in [0.05, 0.1) is 4.90 Å². The Balaban J connectivity index is 1.65. The maximum Gasteiger partial charge on any atom is 0.263 e. The van der Waals surface area contributed by atoms with Gasteiger partial charge in [-0.15, -0.1) is 0 Å². The molecule has 1 heterocycles. The van der Waals surface area contributed by atoms with Crippen LogP contribution in [0.3, 0.4) is 0 Å². The second kappa shape index (κ2) is 7.25. The molecule has 0 aliphatic carbocycles. The van der Waals surface area contributed by atoms with Crippen molar-refractivity contribution < 1.29 is 17.6 Å². The molecule has 0 saturated heterocycles. The van der Waals surface area contributed by atoms with Gasteiger partial charge in [0.2, 0.25) is 5.91 Å². The standard InChI is InChI=1S/C18H18FN3O3S/c1-12(18(23)20-11-10-13-6-2-4-8-15(13)19)21-17-14-7-3-5-9-16(14)26(24,25)22-17/h2-9,12H,10-11H2,1H3,(H,20,23)(H,21,22). The van der Waals surface area contributed by atoms with Crippen LogP contribution in [0.5, 0.6) is 0 Å². The van der Waals surface area contributed by atoms with E-state index in [1.54, 1.807) is 43.3 Å². The summed E-state index contributed by atoms with van der Waals surface area (Å²) < 4.78 is 40.0. The van der Waals surface area contributed by atoms with E-state index in [-0.39, 0.29) is 29.0 Å². The average molecular weight is 375 g/mol. The van der Waals surface area contributed by atoms with Gasteiger partial charge in [-0.2, -0.15) is 0 Å². The summed E-state index contributed by atoms with van der Waals surface area (Å²) in [6, 6.07) is 12.0. The van der Waals surface area contributed by atoms with Gasteiger partial charge in [-0.3, -0.25) is 14.5 Å². The Bertz CT molecular complexity index is 973. The van der Waals surface area contributed by atoms with E-state index in [4.69, 9.17) is 0 Å². The summed E-state index contributed by atoms with van der Waals surface area (Å²) in [4.78, 5) is 16.5. The van der Waals surface area contributed by atoms with Gasteiger partial charge in [0.25, 0.3) is 10.0 Å². The molecule has 0 bridgehead atoms. The van der Waals surface area contributed by atoms with Crippen molar-refractivity contribution in [3.8, 4) is 0 Å². The minimum absolute atomic E-state index is 0.144. The largest absolute Gasteiger partial charge is 0.354 e. The highest BCUT2D eigenvalue weighted by atomic mass is 32.2. The summed E-state index contributed by atoms with van der Waals surface area (Å²) in [6.45, 7) is 1.83. The lowest BCUT2D eigenvalue weighted by molar-refractivity contribution is -0.121. The molecule has 2 N–H and O–H groups in total. The Hall–Kier alpha value is -2.74. The molecule has 0 fully saturated rings. The Morgan fingerprint density at radius 1 is 1.19 bits per heavy atom. The van der Waals surface area contributed by atoms with Crippen LogP contribution in [0, 0.1) is 5.82 Å². The lowest BCUT2D eigenvalue weighted by Crippen LogP contribution is -2.35. The van der Waals surface area contributed by atoms with Gasteiger partial charge >= 0.3 is 0 Å². The molecular weight excluding hydrogens is 357 g/mol. The van der Waals surface area contributed by atoms with Gasteiger partial charge in [0.15, 0.2) is 0 Å². The van der Waals surface area contributed by atoms with E-state index in [0.29, 0.717) is 17.5 Å². The van der Waals surface area contributed by atoms with Crippen molar-refractivity contribution in [1.29, 1.82) is 0 Å². The highest BCUT2D eigenvalue weighted by Crippen LogP contribution is 2.22. The molecule has 6 nitrogen and oxygen atoms in total. The minimum Gasteiger partial charge on any atom is -0.354 e. The van der Waals surface area contributed by atoms with Gasteiger partial charge in [0, 0.05) is 12.1 Å². The molecule has 0 saturated carbocycles. The summed E-state index contributed by atoms with van der Waals surface area (Å²) in [7, 11) is -3.64. The molecule has 0 aromatic heterocycles. The summed E-state index contributed by atoms with van der Waals surface area (Å²) in [5.74, 6) is -0.526. The first-order chi connectivity index (χ1) is 12.4. The third-order valence-corrected chi connectivity index (χ3v) is 5.41. The van der Waals surface area contributed by atoms with Crippen molar-refractivity contribution in [2.75, 3.05) is 6.54 Å². The molecule has 3 rings (SSSR count). The predicted octanol–water partition coefficient (Wildman–Crippen LogP) is 1.61. The average Bonchev–Trinajstić information content (AvgIpc) is 2.87. The van der Waals surface area contributed by atoms with Gasteiger partial charge in [-0.25, -0.2) is 12.8 Å². The lowest BCUT2D eigenvalue weighted by Gasteiger charge is -2.10. The molecule has 1 aliphatic heterocycles. The van der Waals surface area contributed by atoms with E-state index in [2.05, 4.69) is 15.0 Å². The second-order valence-electron chi connectivity index (χ2n) is 5.89. The van der Waals surface area contributed by atoms with Crippen LogP contribution in [0.2, 0.25) is 0 Å². The number of nitrogens with one attached hydrogen (secondary N) is 2. The number of hydrogen-bond donors (Lipinski definition) is 2. The lowest BCUT2D eigenvalue weighted by atomic mass is 10.1. The number of rotatable bonds is 5. The number of carbonyl (C=O) groups excluding carboxylic acids is 1. The van der Waals surface area contributed by atoms with E-state index in [1.165, 1.54) is 12.1 Å². The molecule has 1 unspecified atom stereocenters. The van der Waals surface area contributed by atoms with Crippen LogP contribution in [0.25, 0.3) is 0 Å². The number of hydrogen-bond acceptors (Lipinski definition) is 4. The summed E-state index contributed by atoms with van der Waals surface area (Å²) in [6.07, 6.45) is 0.358. The maximum atomic E-state index is 13.6. The number of nitrogens with zero attached hydrogens (tertiary/aromatic N) is 1. The Morgan fingerprint density at radius 3 is 2.65 bits per heavy atom. The molecule has 8 heteroatoms. The molecule has 0 spiro atoms. The highest BCUT2D eigenvalue weighted by Gasteiger charge is 2.31. The SMILES string of the molecule is CC(N=C1NS(=O)(=O)c2ccccc21)C(=O)NCCc1ccccc1F. The Labute approximate surface area is 151 Å². The first kappa shape index (κ1) is 18.1. The molecule has 26 heavy (non-hydrogen) atoms. The predicted molar refractivity (Wildman–Crippen MR) is 95.9 cm³/mol. The van der Waals surface area contributed by atoms with Gasteiger partial charge < -0.3 is 5.32 Å². The Kier molecular flexibility index (Phi) is 5.03. The molecule has 1 amide bonds. The summed E-state index contributed by atoms with van der Waals surface area (Å²) in [5, 5.41) is 2.69. The highest BCUT2D eigenvalue weighted by molar-refractivity contribution is 7.90. The second-order valence-corrected chi connectivity index (χ2v) is 7.54. The fourth-order valence-electron chi connectivity index (χ4n) is 2.65. The van der Waals surface area contributed by atoms with Crippen LogP contribution < -0.4 is 10.0 Å². The van der Waals surface area contributed by atoms with Crippen molar-refractivity contribution in [1.82, 2.24) is 10.0 Å². The minimum atomic E-state index is -3.64. The third kappa shape index (κ3) is 3.75. The number of benzene rings is 2. The number of aliphatic imine (C=N–C) groups is 1. The molecule has 0 radical (unpaired) electrons. The fraction of sp³-hybridized carbons (Fsp3) is 0.222. The smallest absolute Gasteiger partial charge is 0.263 e. The van der Waals surface area contributed by atoms with E-state index in [9.17, 15) is 17.6 Å². The normalized spacial score (nSPS) is 17.4. The van der Waals surface area contributed by atoms with E-state index in [0.717, 1.165) is 0 Å². The van der Waals surface area contributed by atoms with Crippen molar-refractivity contribution in [2.45, 2.75) is 24.3 Å². The molecule has 136 valence electrons. The van der Waals surface area contributed by atoms with Gasteiger partial charge in [-0.1, -0.05) is 30.3 Å². The summed E-state index contributed by atoms with van der Waals surface area (Å²) in [5.41, 5.74) is 0.961. The number of carbonyl (C=O) groups is 1. The van der Waals surface area contributed by atoms with Crippen molar-refractivity contribution in [3.05, 3.63) is 65.5 Å². The van der Waals surface area contributed by atoms with Crippen molar-refractivity contribution in [3.63, 3.8) is 0 Å². The first-order valence-corrected chi connectivity index (χ1v) is 9.58. The monoisotopic (exact) mass is 375 g/mol. The van der Waals surface area contributed by atoms with Crippen molar-refractivity contribution in [2.24, 2.45) is 4.99 Å². The Morgan fingerprint density at radius 2 is 1.88 bits per heavy atom. The fourth-order valence-corrected chi connectivity index (χ4v) is 3.89. The zero-order valence-corrected chi connectivity index (χ0v) is 14.9. The number of fused-ring (bicyclic) bond motifs is 1. The number of amidine groups is 1. The topological polar surface area (TPSA) is 87.6 Å². The van der Waals surface area contributed by atoms with Crippen LogP contribution in [0.1, 0.15) is 18.1 Å². The molecule has 2 aromatic rings. The van der Waals surface area contributed by atoms with Crippen molar-refractivity contribution >= 4 is 21.8 Å². The van der Waals surface area contributed by atoms with Gasteiger partial charge in [0.1, 0.15) is 17.7 Å². The number of sulfonamides is 1. The molecule has 1 aliphatic rings. The quantitative estimate of drug-likeness (QED) is 0.832. The number of halogens is 1. The molecular formula is C18H18FN3O3S. The van der Waals surface area contributed by atoms with E-state index in [1.807, 2.05) is 0 Å². The zero-order valence-electron chi connectivity index (χ0n) is 14.1. The zero-order chi connectivity index (χ0) is 18.7. The van der Waals surface area contributed by atoms with Crippen LogP contribution >= 0.6 is 0 Å². The van der Waals surface area contributed by atoms with E-state index >= 15 is 0 Å². The third-order valence-electron chi connectivity index (χ3n) is 4.02. The van der Waals surface area contributed by atoms with Crippen LogP contribution in [0.4, 0.5) is 4.39 Å². The van der Waals surface area contributed by atoms with E-state index < -0.39 is 16.1 Å². The molecule has 2 aromatic carbocycles. The molecule has 1 atom stereocenters. The summed E-state index contributed by atoms with van der Waals surface area (Å²) >= 11 is 0. The number of amides is 1. The maximum absolute atomic E-state index is 13.6. The first-order valence-electron chi connectivity index (χ1n) is 8.09. The van der Waals surface area contributed by atoms with Crippen LogP contribution in [0.15, 0.2) is 58.4 Å². The van der Waals surface area contributed by atoms with Crippen LogP contribution in [-0.4, -0.2) is 32.7 Å². The van der Waals surface area contributed by atoms with Crippen LogP contribution in [-0.2, 0) is 21.2 Å². The van der Waals surface area contributed by atoms with Gasteiger partial charge in [-0.05, 0) is 37.1 Å².